The van der Waals surface area contributed by atoms with Crippen molar-refractivity contribution in [3.8, 4) is 5.75 Å². The lowest BCUT2D eigenvalue weighted by Crippen LogP contribution is -2.40. The second-order valence-corrected chi connectivity index (χ2v) is 6.20. The molecule has 0 bridgehead atoms. The minimum absolute atomic E-state index is 0.0798. The topological polar surface area (TPSA) is 81.9 Å². The number of hydrogen-bond acceptors (Lipinski definition) is 5. The van der Waals surface area contributed by atoms with Crippen LogP contribution in [0.3, 0.4) is 0 Å². The Morgan fingerprint density at radius 3 is 2.75 bits per heavy atom. The van der Waals surface area contributed by atoms with E-state index in [1.807, 2.05) is 19.1 Å². The van der Waals surface area contributed by atoms with Crippen molar-refractivity contribution in [2.24, 2.45) is 0 Å². The van der Waals surface area contributed by atoms with E-state index in [9.17, 15) is 4.79 Å². The van der Waals surface area contributed by atoms with Crippen molar-refractivity contribution >= 4 is 5.91 Å². The number of nitrogens with one attached hydrogen (secondary N) is 1. The van der Waals surface area contributed by atoms with Crippen LogP contribution in [0.1, 0.15) is 37.8 Å². The lowest BCUT2D eigenvalue weighted by molar-refractivity contribution is -0.122. The van der Waals surface area contributed by atoms with Gasteiger partial charge < -0.3 is 14.6 Å². The van der Waals surface area contributed by atoms with Gasteiger partial charge in [-0.05, 0) is 44.7 Å². The van der Waals surface area contributed by atoms with Crippen LogP contribution >= 0.6 is 0 Å². The summed E-state index contributed by atoms with van der Waals surface area (Å²) in [4.78, 5) is 16.3. The molecule has 0 aliphatic heterocycles. The van der Waals surface area contributed by atoms with Crippen molar-refractivity contribution in [3.63, 3.8) is 0 Å². The number of carbonyl (C=O) groups is 1. The van der Waals surface area contributed by atoms with E-state index in [0.717, 1.165) is 37.1 Å². The molecule has 128 valence electrons. The van der Waals surface area contributed by atoms with E-state index in [1.54, 1.807) is 23.4 Å². The van der Waals surface area contributed by atoms with Crippen LogP contribution in [0, 0.1) is 6.92 Å². The van der Waals surface area contributed by atoms with Crippen LogP contribution < -0.4 is 10.1 Å². The summed E-state index contributed by atoms with van der Waals surface area (Å²) in [6.07, 6.45) is 9.46. The fourth-order valence-corrected chi connectivity index (χ4v) is 2.97. The molecule has 1 amide bonds. The lowest BCUT2D eigenvalue weighted by atomic mass is 9.93. The average Bonchev–Trinajstić information content (AvgIpc) is 3.10. The number of carbonyl (C=O) groups excluding carboxylic acids is 1. The van der Waals surface area contributed by atoms with Gasteiger partial charge in [0.25, 0.3) is 0 Å². The van der Waals surface area contributed by atoms with Gasteiger partial charge in [0.05, 0.1) is 11.8 Å². The summed E-state index contributed by atoms with van der Waals surface area (Å²) >= 11 is 0. The first kappa shape index (κ1) is 16.4. The summed E-state index contributed by atoms with van der Waals surface area (Å²) in [5.41, 5.74) is 0.918. The van der Waals surface area contributed by atoms with Crippen molar-refractivity contribution in [1.82, 2.24) is 25.1 Å². The molecular weight excluding hydrogens is 306 g/mol. The molecule has 1 fully saturated rings. The molecule has 2 heterocycles. The molecule has 3 rings (SSSR count). The van der Waals surface area contributed by atoms with E-state index in [0.29, 0.717) is 13.0 Å². The van der Waals surface area contributed by atoms with Crippen LogP contribution in [0.2, 0.25) is 0 Å². The highest BCUT2D eigenvalue weighted by atomic mass is 16.5. The summed E-state index contributed by atoms with van der Waals surface area (Å²) < 4.78 is 7.85. The number of hydrogen-bond donors (Lipinski definition) is 1. The zero-order valence-corrected chi connectivity index (χ0v) is 13.9. The summed E-state index contributed by atoms with van der Waals surface area (Å²) in [7, 11) is 0. The van der Waals surface area contributed by atoms with Crippen LogP contribution in [0.25, 0.3) is 0 Å². The molecule has 0 saturated heterocycles. The van der Waals surface area contributed by atoms with Crippen molar-refractivity contribution in [1.29, 1.82) is 0 Å². The monoisotopic (exact) mass is 329 g/mol. The van der Waals surface area contributed by atoms with Gasteiger partial charge in [0, 0.05) is 25.2 Å². The normalized spacial score (nSPS) is 20.5. The van der Waals surface area contributed by atoms with Crippen LogP contribution in [0.15, 0.2) is 31.0 Å². The fraction of sp³-hybridized carbons (Fsp3) is 0.529. The van der Waals surface area contributed by atoms with E-state index in [-0.39, 0.29) is 18.1 Å². The molecule has 0 unspecified atom stereocenters. The van der Waals surface area contributed by atoms with Gasteiger partial charge in [-0.3, -0.25) is 9.78 Å². The first-order chi connectivity index (χ1) is 11.7. The second-order valence-electron chi connectivity index (χ2n) is 6.20. The number of nitrogens with zero attached hydrogens (tertiary/aromatic N) is 4. The molecule has 0 aromatic carbocycles. The lowest BCUT2D eigenvalue weighted by Gasteiger charge is -2.29. The Bertz CT molecular complexity index is 651. The molecular formula is C17H23N5O2. The van der Waals surface area contributed by atoms with Gasteiger partial charge >= 0.3 is 0 Å². The smallest absolute Gasteiger partial charge is 0.222 e. The number of aromatic nitrogens is 4. The maximum Gasteiger partial charge on any atom is 0.222 e. The maximum absolute atomic E-state index is 12.0. The van der Waals surface area contributed by atoms with E-state index < -0.39 is 0 Å². The molecule has 0 atom stereocenters. The summed E-state index contributed by atoms with van der Waals surface area (Å²) in [6.45, 7) is 2.56. The van der Waals surface area contributed by atoms with Crippen molar-refractivity contribution in [3.05, 3.63) is 36.7 Å². The van der Waals surface area contributed by atoms with Crippen molar-refractivity contribution in [2.75, 3.05) is 0 Å². The molecule has 1 N–H and O–H groups in total. The van der Waals surface area contributed by atoms with E-state index in [2.05, 4.69) is 20.5 Å². The zero-order chi connectivity index (χ0) is 16.8. The Labute approximate surface area is 141 Å². The maximum atomic E-state index is 12.0. The van der Waals surface area contributed by atoms with Gasteiger partial charge in [-0.1, -0.05) is 0 Å². The Kier molecular flexibility index (Phi) is 5.40. The summed E-state index contributed by atoms with van der Waals surface area (Å²) in [5.74, 6) is 0.940. The molecule has 24 heavy (non-hydrogen) atoms. The Morgan fingerprint density at radius 1 is 1.29 bits per heavy atom. The number of ether oxygens (including phenoxy) is 1. The largest absolute Gasteiger partial charge is 0.489 e. The van der Waals surface area contributed by atoms with Crippen molar-refractivity contribution in [2.45, 2.75) is 57.7 Å². The predicted octanol–water partition coefficient (Wildman–Crippen LogP) is 1.88. The third-order valence-electron chi connectivity index (χ3n) is 4.36. The van der Waals surface area contributed by atoms with Crippen LogP contribution in [0.4, 0.5) is 0 Å². The highest BCUT2D eigenvalue weighted by Gasteiger charge is 2.24. The zero-order valence-electron chi connectivity index (χ0n) is 13.9. The molecule has 2 aromatic heterocycles. The van der Waals surface area contributed by atoms with E-state index in [4.69, 9.17) is 4.74 Å². The third-order valence-corrected chi connectivity index (χ3v) is 4.36. The standard InChI is InChI=1S/C17H23N5O2/c1-13-16(3-2-9-18-13)24-15-6-4-14(5-7-15)21-17(23)8-10-22-11-19-20-12-22/h2-3,9,11-12,14-15H,4-8,10H2,1H3,(H,21,23). The molecule has 7 heteroatoms. The number of pyridine rings is 1. The summed E-state index contributed by atoms with van der Waals surface area (Å²) in [6, 6.07) is 4.10. The molecule has 0 spiro atoms. The minimum Gasteiger partial charge on any atom is -0.489 e. The number of amides is 1. The Morgan fingerprint density at radius 2 is 2.04 bits per heavy atom. The van der Waals surface area contributed by atoms with Crippen LogP contribution in [-0.4, -0.2) is 37.8 Å². The SMILES string of the molecule is Cc1ncccc1OC1CCC(NC(=O)CCn2cnnc2)CC1. The molecule has 1 saturated carbocycles. The third kappa shape index (κ3) is 4.53. The fourth-order valence-electron chi connectivity index (χ4n) is 2.97. The number of aryl methyl sites for hydroxylation is 2. The van der Waals surface area contributed by atoms with Gasteiger partial charge in [-0.25, -0.2) is 0 Å². The van der Waals surface area contributed by atoms with Crippen LogP contribution in [-0.2, 0) is 11.3 Å². The van der Waals surface area contributed by atoms with Crippen LogP contribution in [0.5, 0.6) is 5.75 Å². The Hall–Kier alpha value is -2.44. The molecule has 7 nitrogen and oxygen atoms in total. The van der Waals surface area contributed by atoms with Gasteiger partial charge in [-0.2, -0.15) is 0 Å². The summed E-state index contributed by atoms with van der Waals surface area (Å²) in [5, 5.41) is 10.6. The quantitative estimate of drug-likeness (QED) is 0.875. The molecule has 1 aliphatic carbocycles. The Balaban J connectivity index is 1.39. The first-order valence-corrected chi connectivity index (χ1v) is 8.41. The van der Waals surface area contributed by atoms with Gasteiger partial charge in [0.15, 0.2) is 0 Å². The number of rotatable bonds is 6. The average molecular weight is 329 g/mol. The molecule has 0 radical (unpaired) electrons. The van der Waals surface area contributed by atoms with Crippen molar-refractivity contribution < 1.29 is 9.53 Å². The molecule has 1 aliphatic rings. The second kappa shape index (κ2) is 7.90. The van der Waals surface area contributed by atoms with Gasteiger partial charge in [0.2, 0.25) is 5.91 Å². The van der Waals surface area contributed by atoms with E-state index >= 15 is 0 Å². The van der Waals surface area contributed by atoms with Gasteiger partial charge in [0.1, 0.15) is 18.4 Å². The first-order valence-electron chi connectivity index (χ1n) is 8.41. The van der Waals surface area contributed by atoms with Gasteiger partial charge in [-0.15, -0.1) is 10.2 Å². The minimum atomic E-state index is 0.0798. The van der Waals surface area contributed by atoms with E-state index in [1.165, 1.54) is 0 Å². The predicted molar refractivity (Wildman–Crippen MR) is 88.4 cm³/mol. The highest BCUT2D eigenvalue weighted by molar-refractivity contribution is 5.76. The molecule has 2 aromatic rings. The highest BCUT2D eigenvalue weighted by Crippen LogP contribution is 2.25.